The first-order valence-corrected chi connectivity index (χ1v) is 7.89. The van der Waals surface area contributed by atoms with Crippen molar-refractivity contribution in [2.24, 2.45) is 0 Å². The van der Waals surface area contributed by atoms with E-state index >= 15 is 0 Å². The molecule has 1 aliphatic rings. The predicted octanol–water partition coefficient (Wildman–Crippen LogP) is 3.81. The van der Waals surface area contributed by atoms with Crippen LogP contribution in [0.25, 0.3) is 33.1 Å². The summed E-state index contributed by atoms with van der Waals surface area (Å²) in [7, 11) is 0. The van der Waals surface area contributed by atoms with Gasteiger partial charge in [0.2, 0.25) is 0 Å². The van der Waals surface area contributed by atoms with Crippen LogP contribution in [-0.2, 0) is 6.61 Å². The average molecular weight is 346 g/mol. The quantitative estimate of drug-likeness (QED) is 0.225. The molecule has 0 radical (unpaired) electrons. The molecule has 0 unspecified atom stereocenters. The Morgan fingerprint density at radius 3 is 2.77 bits per heavy atom. The fourth-order valence-corrected chi connectivity index (χ4v) is 3.28. The molecule has 7 nitrogen and oxygen atoms in total. The van der Waals surface area contributed by atoms with Gasteiger partial charge in [-0.1, -0.05) is 18.2 Å². The van der Waals surface area contributed by atoms with Crippen molar-refractivity contribution in [2.75, 3.05) is 0 Å². The topological polar surface area (TPSA) is 95.5 Å². The molecule has 0 spiro atoms. The summed E-state index contributed by atoms with van der Waals surface area (Å²) >= 11 is 0. The van der Waals surface area contributed by atoms with Crippen LogP contribution in [0.4, 0.5) is 5.69 Å². The standard InChI is InChI=1S/C19H10N2O5/c22-19-18-13(12-3-1-2-4-16(12)26-19)7-10-9-25-15-6-5-11(21(23)24)8-14(15)17(10)20-18/h1-8H,9H2. The highest BCUT2D eigenvalue weighted by Gasteiger charge is 2.23. The zero-order valence-electron chi connectivity index (χ0n) is 13.3. The maximum Gasteiger partial charge on any atom is 0.363 e. The van der Waals surface area contributed by atoms with Crippen molar-refractivity contribution in [1.82, 2.24) is 4.98 Å². The van der Waals surface area contributed by atoms with Crippen LogP contribution in [0.15, 0.2) is 57.7 Å². The lowest BCUT2D eigenvalue weighted by atomic mass is 9.99. The molecule has 5 rings (SSSR count). The summed E-state index contributed by atoms with van der Waals surface area (Å²) in [5.74, 6) is 0.500. The van der Waals surface area contributed by atoms with Crippen LogP contribution in [0.3, 0.4) is 0 Å². The van der Waals surface area contributed by atoms with Gasteiger partial charge in [0.05, 0.1) is 10.6 Å². The number of benzene rings is 2. The first-order chi connectivity index (χ1) is 12.6. The second kappa shape index (κ2) is 5.13. The molecule has 0 aliphatic carbocycles. The minimum absolute atomic E-state index is 0.0624. The van der Waals surface area contributed by atoms with E-state index in [1.807, 2.05) is 18.2 Å². The lowest BCUT2D eigenvalue weighted by Crippen LogP contribution is -2.11. The normalized spacial score (nSPS) is 12.5. The van der Waals surface area contributed by atoms with Gasteiger partial charge in [-0.05, 0) is 18.2 Å². The maximum absolute atomic E-state index is 12.4. The minimum atomic E-state index is -0.542. The van der Waals surface area contributed by atoms with Gasteiger partial charge in [0.15, 0.2) is 5.52 Å². The van der Waals surface area contributed by atoms with Gasteiger partial charge in [-0.3, -0.25) is 10.1 Å². The zero-order chi connectivity index (χ0) is 17.8. The summed E-state index contributed by atoms with van der Waals surface area (Å²) in [6.07, 6.45) is 0. The maximum atomic E-state index is 12.4. The molecular formula is C19H10N2O5. The SMILES string of the molecule is O=c1oc2ccccc2c2cc3c(nc12)-c1cc([N+](=O)[O-])ccc1OC3. The van der Waals surface area contributed by atoms with Crippen molar-refractivity contribution in [2.45, 2.75) is 6.61 Å². The molecule has 26 heavy (non-hydrogen) atoms. The molecule has 0 atom stereocenters. The number of hydrogen-bond donors (Lipinski definition) is 0. The van der Waals surface area contributed by atoms with Crippen molar-refractivity contribution in [1.29, 1.82) is 0 Å². The molecule has 0 amide bonds. The van der Waals surface area contributed by atoms with Gasteiger partial charge in [0.25, 0.3) is 5.69 Å². The Morgan fingerprint density at radius 2 is 1.92 bits per heavy atom. The van der Waals surface area contributed by atoms with E-state index in [0.29, 0.717) is 28.0 Å². The number of nitro groups is 1. The van der Waals surface area contributed by atoms with E-state index in [-0.39, 0.29) is 17.8 Å². The number of nitro benzene ring substituents is 1. The molecule has 0 N–H and O–H groups in total. The van der Waals surface area contributed by atoms with E-state index in [9.17, 15) is 14.9 Å². The summed E-state index contributed by atoms with van der Waals surface area (Å²) in [6, 6.07) is 13.4. The number of para-hydroxylation sites is 1. The van der Waals surface area contributed by atoms with Gasteiger partial charge in [0.1, 0.15) is 17.9 Å². The van der Waals surface area contributed by atoms with Crippen LogP contribution in [0.5, 0.6) is 5.75 Å². The van der Waals surface area contributed by atoms with E-state index in [1.54, 1.807) is 18.2 Å². The van der Waals surface area contributed by atoms with Gasteiger partial charge in [-0.15, -0.1) is 0 Å². The van der Waals surface area contributed by atoms with E-state index in [1.165, 1.54) is 12.1 Å². The van der Waals surface area contributed by atoms with Crippen molar-refractivity contribution >= 4 is 27.6 Å². The van der Waals surface area contributed by atoms with E-state index < -0.39 is 10.5 Å². The number of aromatic nitrogens is 1. The van der Waals surface area contributed by atoms with Crippen LogP contribution in [0.2, 0.25) is 0 Å². The number of ether oxygens (including phenoxy) is 1. The molecule has 7 heteroatoms. The molecule has 2 aromatic carbocycles. The molecule has 4 aromatic rings. The lowest BCUT2D eigenvalue weighted by molar-refractivity contribution is -0.384. The van der Waals surface area contributed by atoms with Crippen LogP contribution < -0.4 is 10.4 Å². The summed E-state index contributed by atoms with van der Waals surface area (Å²) < 4.78 is 11.1. The molecular weight excluding hydrogens is 336 g/mol. The van der Waals surface area contributed by atoms with Crippen molar-refractivity contribution < 1.29 is 14.1 Å². The number of non-ortho nitro benzene ring substituents is 1. The van der Waals surface area contributed by atoms with E-state index in [2.05, 4.69) is 4.98 Å². The Bertz CT molecular complexity index is 1290. The van der Waals surface area contributed by atoms with Crippen molar-refractivity contribution in [3.8, 4) is 17.0 Å². The Hall–Kier alpha value is -3.74. The van der Waals surface area contributed by atoms with Crippen molar-refractivity contribution in [3.63, 3.8) is 0 Å². The molecule has 0 fully saturated rings. The smallest absolute Gasteiger partial charge is 0.363 e. The van der Waals surface area contributed by atoms with Crippen LogP contribution in [-0.4, -0.2) is 9.91 Å². The third-order valence-corrected chi connectivity index (χ3v) is 4.49. The van der Waals surface area contributed by atoms with Crippen LogP contribution in [0, 0.1) is 10.1 Å². The number of hydrogen-bond acceptors (Lipinski definition) is 6. The minimum Gasteiger partial charge on any atom is -0.488 e. The fourth-order valence-electron chi connectivity index (χ4n) is 3.28. The summed E-state index contributed by atoms with van der Waals surface area (Å²) in [4.78, 5) is 27.5. The van der Waals surface area contributed by atoms with Gasteiger partial charge in [-0.25, -0.2) is 9.78 Å². The molecule has 3 heterocycles. The third kappa shape index (κ3) is 2.00. The monoisotopic (exact) mass is 346 g/mol. The second-order valence-electron chi connectivity index (χ2n) is 6.00. The van der Waals surface area contributed by atoms with E-state index in [0.717, 1.165) is 10.9 Å². The lowest BCUT2D eigenvalue weighted by Gasteiger charge is -2.20. The number of fused-ring (bicyclic) bond motifs is 6. The molecule has 0 saturated carbocycles. The summed E-state index contributed by atoms with van der Waals surface area (Å²) in [5.41, 5.74) is 1.84. The Kier molecular flexibility index (Phi) is 2.88. The highest BCUT2D eigenvalue weighted by atomic mass is 16.6. The van der Waals surface area contributed by atoms with Crippen LogP contribution in [0.1, 0.15) is 5.56 Å². The van der Waals surface area contributed by atoms with Crippen LogP contribution >= 0.6 is 0 Å². The zero-order valence-corrected chi connectivity index (χ0v) is 13.3. The predicted molar refractivity (Wildman–Crippen MR) is 94.2 cm³/mol. The molecule has 1 aliphatic heterocycles. The first-order valence-electron chi connectivity index (χ1n) is 7.89. The highest BCUT2D eigenvalue weighted by molar-refractivity contribution is 6.04. The van der Waals surface area contributed by atoms with Gasteiger partial charge in [-0.2, -0.15) is 0 Å². The highest BCUT2D eigenvalue weighted by Crippen LogP contribution is 2.39. The van der Waals surface area contributed by atoms with Gasteiger partial charge < -0.3 is 9.15 Å². The van der Waals surface area contributed by atoms with Gasteiger partial charge in [0, 0.05) is 34.0 Å². The fraction of sp³-hybridized carbons (Fsp3) is 0.0526. The third-order valence-electron chi connectivity index (χ3n) is 4.49. The Balaban J connectivity index is 1.86. The summed E-state index contributed by atoms with van der Waals surface area (Å²) in [5, 5.41) is 12.5. The second-order valence-corrected chi connectivity index (χ2v) is 6.00. The first kappa shape index (κ1) is 14.6. The molecule has 2 aromatic heterocycles. The largest absolute Gasteiger partial charge is 0.488 e. The molecule has 0 bridgehead atoms. The molecule has 126 valence electrons. The number of rotatable bonds is 1. The molecule has 0 saturated heterocycles. The van der Waals surface area contributed by atoms with E-state index in [4.69, 9.17) is 9.15 Å². The number of pyridine rings is 1. The number of nitrogens with zero attached hydrogens (tertiary/aromatic N) is 2. The Morgan fingerprint density at radius 1 is 1.08 bits per heavy atom. The van der Waals surface area contributed by atoms with Gasteiger partial charge >= 0.3 is 5.63 Å². The summed E-state index contributed by atoms with van der Waals surface area (Å²) in [6.45, 7) is 0.275. The Labute approximate surface area is 145 Å². The average Bonchev–Trinajstić information content (AvgIpc) is 2.66. The van der Waals surface area contributed by atoms with Crippen molar-refractivity contribution in [3.05, 3.63) is 74.6 Å².